The number of hydrogen-bond acceptors (Lipinski definition) is 4. The van der Waals surface area contributed by atoms with Gasteiger partial charge in [0.1, 0.15) is 0 Å². The maximum absolute atomic E-state index is 10.9. The van der Waals surface area contributed by atoms with E-state index >= 15 is 0 Å². The molecule has 0 saturated heterocycles. The van der Waals surface area contributed by atoms with Crippen molar-refractivity contribution in [1.82, 2.24) is 0 Å². The Bertz CT molecular complexity index is 468. The second-order valence-corrected chi connectivity index (χ2v) is 3.27. The van der Waals surface area contributed by atoms with E-state index in [2.05, 4.69) is 16.6 Å². The monoisotopic (exact) mass is 248 g/mol. The second-order valence-electron chi connectivity index (χ2n) is 3.27. The number of hydrogen-bond donors (Lipinski definition) is 0. The molecule has 0 bridgehead atoms. The molecule has 0 saturated carbocycles. The molecule has 96 valence electrons. The number of rotatable bonds is 4. The summed E-state index contributed by atoms with van der Waals surface area (Å²) in [6.45, 7) is 4.89. The van der Waals surface area contributed by atoms with E-state index in [-0.39, 0.29) is 0 Å². The lowest BCUT2D eigenvalue weighted by atomic mass is 10.2. The largest absolute Gasteiger partial charge is 0.490 e. The molecule has 0 atom stereocenters. The molecule has 0 spiro atoms. The van der Waals surface area contributed by atoms with Crippen LogP contribution in [0.15, 0.2) is 18.2 Å². The fraction of sp³-hybridized carbons (Fsp3) is 0.357. The van der Waals surface area contributed by atoms with Gasteiger partial charge in [0, 0.05) is 11.5 Å². The fourth-order valence-electron chi connectivity index (χ4n) is 1.30. The van der Waals surface area contributed by atoms with E-state index in [0.717, 1.165) is 0 Å². The average molecular weight is 248 g/mol. The highest BCUT2D eigenvalue weighted by Gasteiger charge is 2.05. The maximum Gasteiger partial charge on any atom is 0.384 e. The number of carbonyl (C=O) groups excluding carboxylic acids is 1. The van der Waals surface area contributed by atoms with Crippen LogP contribution in [-0.4, -0.2) is 26.3 Å². The number of benzene rings is 1. The number of esters is 1. The van der Waals surface area contributed by atoms with E-state index in [1.165, 1.54) is 7.11 Å². The van der Waals surface area contributed by atoms with Gasteiger partial charge in [-0.3, -0.25) is 0 Å². The molecule has 0 radical (unpaired) electrons. The zero-order valence-corrected chi connectivity index (χ0v) is 10.8. The Balaban J connectivity index is 2.97. The van der Waals surface area contributed by atoms with Crippen LogP contribution >= 0.6 is 0 Å². The van der Waals surface area contributed by atoms with Gasteiger partial charge in [0.25, 0.3) is 0 Å². The van der Waals surface area contributed by atoms with Crippen molar-refractivity contribution < 1.29 is 19.0 Å². The summed E-state index contributed by atoms with van der Waals surface area (Å²) in [7, 11) is 1.29. The fourth-order valence-corrected chi connectivity index (χ4v) is 1.30. The molecule has 1 aromatic rings. The van der Waals surface area contributed by atoms with E-state index < -0.39 is 5.97 Å². The molecule has 0 unspecified atom stereocenters. The predicted molar refractivity (Wildman–Crippen MR) is 67.7 cm³/mol. The first kappa shape index (κ1) is 13.9. The maximum atomic E-state index is 10.9. The van der Waals surface area contributed by atoms with Crippen molar-refractivity contribution in [2.45, 2.75) is 13.8 Å². The molecule has 0 heterocycles. The summed E-state index contributed by atoms with van der Waals surface area (Å²) in [6.07, 6.45) is 0. The SMILES string of the molecule is CCOc1ccc(C#CC(=O)OC)cc1OCC. The summed E-state index contributed by atoms with van der Waals surface area (Å²) in [5.74, 6) is 5.79. The quantitative estimate of drug-likeness (QED) is 0.604. The number of carbonyl (C=O) groups is 1. The van der Waals surface area contributed by atoms with E-state index in [4.69, 9.17) is 9.47 Å². The number of ether oxygens (including phenoxy) is 3. The lowest BCUT2D eigenvalue weighted by Gasteiger charge is -2.10. The van der Waals surface area contributed by atoms with Gasteiger partial charge in [0.05, 0.1) is 20.3 Å². The van der Waals surface area contributed by atoms with Crippen LogP contribution in [0, 0.1) is 11.8 Å². The summed E-state index contributed by atoms with van der Waals surface area (Å²) < 4.78 is 15.3. The summed E-state index contributed by atoms with van der Waals surface area (Å²) >= 11 is 0. The minimum atomic E-state index is -0.568. The van der Waals surface area contributed by atoms with E-state index in [9.17, 15) is 4.79 Å². The molecule has 0 aromatic heterocycles. The van der Waals surface area contributed by atoms with Crippen LogP contribution in [0.25, 0.3) is 0 Å². The van der Waals surface area contributed by atoms with Gasteiger partial charge in [0.15, 0.2) is 11.5 Å². The van der Waals surface area contributed by atoms with Gasteiger partial charge in [-0.2, -0.15) is 0 Å². The summed E-state index contributed by atoms with van der Waals surface area (Å²) in [5.41, 5.74) is 0.673. The van der Waals surface area contributed by atoms with Crippen molar-refractivity contribution in [3.8, 4) is 23.3 Å². The zero-order valence-electron chi connectivity index (χ0n) is 10.8. The molecule has 4 nitrogen and oxygen atoms in total. The molecule has 1 rings (SSSR count). The van der Waals surface area contributed by atoms with Crippen LogP contribution < -0.4 is 9.47 Å². The Kier molecular flexibility index (Phi) is 5.59. The standard InChI is InChI=1S/C14H16O4/c1-4-17-12-8-6-11(7-9-14(15)16-3)10-13(12)18-5-2/h6,8,10H,4-5H2,1-3H3. The molecule has 18 heavy (non-hydrogen) atoms. The molecular formula is C14H16O4. The highest BCUT2D eigenvalue weighted by atomic mass is 16.5. The molecule has 0 amide bonds. The Morgan fingerprint density at radius 3 is 2.44 bits per heavy atom. The van der Waals surface area contributed by atoms with Crippen LogP contribution in [0.3, 0.4) is 0 Å². The molecule has 0 fully saturated rings. The third-order valence-electron chi connectivity index (χ3n) is 2.04. The highest BCUT2D eigenvalue weighted by molar-refractivity contribution is 5.89. The third kappa shape index (κ3) is 4.02. The molecular weight excluding hydrogens is 232 g/mol. The van der Waals surface area contributed by atoms with Crippen LogP contribution in [0.2, 0.25) is 0 Å². The first-order valence-corrected chi connectivity index (χ1v) is 5.70. The van der Waals surface area contributed by atoms with Gasteiger partial charge >= 0.3 is 5.97 Å². The van der Waals surface area contributed by atoms with Gasteiger partial charge < -0.3 is 14.2 Å². The Morgan fingerprint density at radius 2 is 1.83 bits per heavy atom. The third-order valence-corrected chi connectivity index (χ3v) is 2.04. The lowest BCUT2D eigenvalue weighted by Crippen LogP contribution is -1.99. The first-order chi connectivity index (χ1) is 8.71. The van der Waals surface area contributed by atoms with Crippen molar-refractivity contribution in [3.63, 3.8) is 0 Å². The van der Waals surface area contributed by atoms with Crippen molar-refractivity contribution in [1.29, 1.82) is 0 Å². The normalized spacial score (nSPS) is 9.06. The average Bonchev–Trinajstić information content (AvgIpc) is 2.39. The van der Waals surface area contributed by atoms with E-state index in [1.807, 2.05) is 13.8 Å². The molecule has 0 aliphatic rings. The van der Waals surface area contributed by atoms with Crippen LogP contribution in [0.1, 0.15) is 19.4 Å². The highest BCUT2D eigenvalue weighted by Crippen LogP contribution is 2.28. The Hall–Kier alpha value is -2.15. The molecule has 4 heteroatoms. The van der Waals surface area contributed by atoms with Crippen LogP contribution in [-0.2, 0) is 9.53 Å². The second kappa shape index (κ2) is 7.23. The van der Waals surface area contributed by atoms with Crippen LogP contribution in [0.4, 0.5) is 0 Å². The Labute approximate surface area is 107 Å². The number of methoxy groups -OCH3 is 1. The molecule has 0 N–H and O–H groups in total. The van der Waals surface area contributed by atoms with E-state index in [0.29, 0.717) is 30.3 Å². The summed E-state index contributed by atoms with van der Waals surface area (Å²) in [4.78, 5) is 10.9. The first-order valence-electron chi connectivity index (χ1n) is 5.70. The van der Waals surface area contributed by atoms with Gasteiger partial charge in [-0.05, 0) is 32.0 Å². The van der Waals surface area contributed by atoms with Crippen molar-refractivity contribution in [2.24, 2.45) is 0 Å². The summed E-state index contributed by atoms with van der Waals surface area (Å²) in [5, 5.41) is 0. The Morgan fingerprint density at radius 1 is 1.17 bits per heavy atom. The molecule has 0 aliphatic heterocycles. The predicted octanol–water partition coefficient (Wildman–Crippen LogP) is 2.01. The smallest absolute Gasteiger partial charge is 0.384 e. The topological polar surface area (TPSA) is 44.8 Å². The van der Waals surface area contributed by atoms with E-state index in [1.54, 1.807) is 18.2 Å². The van der Waals surface area contributed by atoms with Gasteiger partial charge in [-0.25, -0.2) is 4.79 Å². The van der Waals surface area contributed by atoms with Gasteiger partial charge in [-0.15, -0.1) is 0 Å². The van der Waals surface area contributed by atoms with Crippen LogP contribution in [0.5, 0.6) is 11.5 Å². The summed E-state index contributed by atoms with van der Waals surface area (Å²) in [6, 6.07) is 5.28. The minimum absolute atomic E-state index is 0.536. The van der Waals surface area contributed by atoms with Crippen molar-refractivity contribution in [3.05, 3.63) is 23.8 Å². The molecule has 0 aliphatic carbocycles. The zero-order chi connectivity index (χ0) is 13.4. The minimum Gasteiger partial charge on any atom is -0.490 e. The van der Waals surface area contributed by atoms with Gasteiger partial charge in [-0.1, -0.05) is 5.92 Å². The lowest BCUT2D eigenvalue weighted by molar-refractivity contribution is -0.133. The van der Waals surface area contributed by atoms with Crippen molar-refractivity contribution in [2.75, 3.05) is 20.3 Å². The van der Waals surface area contributed by atoms with Crippen molar-refractivity contribution >= 4 is 5.97 Å². The molecule has 1 aromatic carbocycles. The van der Waals surface area contributed by atoms with Gasteiger partial charge in [0.2, 0.25) is 0 Å².